The largest absolute Gasteiger partial charge is 0.342 e. The summed E-state index contributed by atoms with van der Waals surface area (Å²) in [5.41, 5.74) is 0.583. The fourth-order valence-corrected chi connectivity index (χ4v) is 5.26. The number of piperidine rings is 1. The lowest BCUT2D eigenvalue weighted by atomic mass is 9.97. The van der Waals surface area contributed by atoms with Crippen molar-refractivity contribution in [1.82, 2.24) is 29.4 Å². The average molecular weight is 390 g/mol. The van der Waals surface area contributed by atoms with Gasteiger partial charge in [0.2, 0.25) is 15.9 Å². The molecule has 3 heterocycles. The standard InChI is InChI=1S/C17H22N6O3S/c24-17(21-8-1-2-9-21)14-6-10-22(11-7-14)27(25,26)16-5-3-4-15(12-16)23-13-18-19-20-23/h3-5,12-14H,1-2,6-11H2. The zero-order valence-electron chi connectivity index (χ0n) is 14.9. The van der Waals surface area contributed by atoms with Crippen LogP contribution in [0.2, 0.25) is 0 Å². The molecular formula is C17H22N6O3S. The Morgan fingerprint density at radius 1 is 1.07 bits per heavy atom. The molecule has 2 aliphatic heterocycles. The van der Waals surface area contributed by atoms with E-state index in [2.05, 4.69) is 15.5 Å². The molecule has 10 heteroatoms. The maximum atomic E-state index is 13.0. The number of nitrogens with zero attached hydrogens (tertiary/aromatic N) is 6. The highest BCUT2D eigenvalue weighted by Crippen LogP contribution is 2.27. The minimum atomic E-state index is -3.62. The van der Waals surface area contributed by atoms with Crippen molar-refractivity contribution >= 4 is 15.9 Å². The molecule has 0 unspecified atom stereocenters. The third kappa shape index (κ3) is 3.59. The van der Waals surface area contributed by atoms with E-state index in [0.29, 0.717) is 31.6 Å². The van der Waals surface area contributed by atoms with E-state index in [0.717, 1.165) is 25.9 Å². The Kier molecular flexibility index (Phi) is 4.92. The van der Waals surface area contributed by atoms with E-state index >= 15 is 0 Å². The maximum Gasteiger partial charge on any atom is 0.243 e. The summed E-state index contributed by atoms with van der Waals surface area (Å²) in [5, 5.41) is 10.9. The number of rotatable bonds is 4. The van der Waals surface area contributed by atoms with Gasteiger partial charge in [0, 0.05) is 32.1 Å². The first-order chi connectivity index (χ1) is 13.1. The number of amides is 1. The van der Waals surface area contributed by atoms with E-state index < -0.39 is 10.0 Å². The van der Waals surface area contributed by atoms with E-state index in [1.807, 2.05) is 4.90 Å². The van der Waals surface area contributed by atoms with Crippen LogP contribution in [-0.4, -0.2) is 69.9 Å². The molecule has 2 aliphatic rings. The van der Waals surface area contributed by atoms with Crippen molar-refractivity contribution in [1.29, 1.82) is 0 Å². The van der Waals surface area contributed by atoms with Gasteiger partial charge in [-0.05, 0) is 54.3 Å². The fourth-order valence-electron chi connectivity index (χ4n) is 3.75. The molecule has 1 amide bonds. The Hall–Kier alpha value is -2.33. The van der Waals surface area contributed by atoms with Crippen LogP contribution in [0.1, 0.15) is 25.7 Å². The number of hydrogen-bond donors (Lipinski definition) is 0. The molecule has 144 valence electrons. The summed E-state index contributed by atoms with van der Waals surface area (Å²) < 4.78 is 28.9. The molecule has 0 atom stereocenters. The summed E-state index contributed by atoms with van der Waals surface area (Å²) in [6.07, 6.45) is 4.69. The first kappa shape index (κ1) is 18.1. The van der Waals surface area contributed by atoms with Crippen molar-refractivity contribution in [3.05, 3.63) is 30.6 Å². The average Bonchev–Trinajstić information content (AvgIpc) is 3.41. The normalized spacial score (nSPS) is 19.5. The number of carbonyl (C=O) groups excluding carboxylic acids is 1. The van der Waals surface area contributed by atoms with E-state index in [4.69, 9.17) is 0 Å². The van der Waals surface area contributed by atoms with Gasteiger partial charge in [-0.15, -0.1) is 5.10 Å². The second kappa shape index (κ2) is 7.35. The maximum absolute atomic E-state index is 13.0. The lowest BCUT2D eigenvalue weighted by Gasteiger charge is -2.32. The summed E-state index contributed by atoms with van der Waals surface area (Å²) in [6, 6.07) is 6.56. The SMILES string of the molecule is O=C(C1CCN(S(=O)(=O)c2cccc(-n3cnnn3)c2)CC1)N1CCCC1. The van der Waals surface area contributed by atoms with E-state index in [-0.39, 0.29) is 16.7 Å². The predicted molar refractivity (Wildman–Crippen MR) is 96.5 cm³/mol. The predicted octanol–water partition coefficient (Wildman–Crippen LogP) is 0.685. The van der Waals surface area contributed by atoms with Crippen LogP contribution in [0.25, 0.3) is 5.69 Å². The first-order valence-corrected chi connectivity index (χ1v) is 10.6. The number of sulfonamides is 1. The van der Waals surface area contributed by atoms with Gasteiger partial charge in [-0.25, -0.2) is 13.1 Å². The second-order valence-corrected chi connectivity index (χ2v) is 8.90. The van der Waals surface area contributed by atoms with Crippen molar-refractivity contribution in [2.24, 2.45) is 5.92 Å². The van der Waals surface area contributed by atoms with Crippen LogP contribution in [-0.2, 0) is 14.8 Å². The molecule has 0 spiro atoms. The molecule has 0 bridgehead atoms. The molecule has 2 saturated heterocycles. The topological polar surface area (TPSA) is 101 Å². The minimum Gasteiger partial charge on any atom is -0.342 e. The van der Waals surface area contributed by atoms with Crippen molar-refractivity contribution in [2.75, 3.05) is 26.2 Å². The Morgan fingerprint density at radius 3 is 2.48 bits per heavy atom. The lowest BCUT2D eigenvalue weighted by Crippen LogP contribution is -2.43. The molecule has 27 heavy (non-hydrogen) atoms. The summed E-state index contributed by atoms with van der Waals surface area (Å²) in [4.78, 5) is 14.7. The van der Waals surface area contributed by atoms with Crippen molar-refractivity contribution in [2.45, 2.75) is 30.6 Å². The number of hydrogen-bond acceptors (Lipinski definition) is 6. The van der Waals surface area contributed by atoms with Crippen LogP contribution in [0.3, 0.4) is 0 Å². The van der Waals surface area contributed by atoms with Gasteiger partial charge in [-0.3, -0.25) is 4.79 Å². The zero-order valence-corrected chi connectivity index (χ0v) is 15.8. The van der Waals surface area contributed by atoms with Gasteiger partial charge in [0.1, 0.15) is 6.33 Å². The van der Waals surface area contributed by atoms with Crippen molar-refractivity contribution in [3.8, 4) is 5.69 Å². The molecule has 1 aromatic carbocycles. The van der Waals surface area contributed by atoms with Gasteiger partial charge in [-0.1, -0.05) is 6.07 Å². The summed E-state index contributed by atoms with van der Waals surface area (Å²) in [5.74, 6) is 0.118. The van der Waals surface area contributed by atoms with Crippen molar-refractivity contribution in [3.63, 3.8) is 0 Å². The lowest BCUT2D eigenvalue weighted by molar-refractivity contribution is -0.135. The van der Waals surface area contributed by atoms with Crippen LogP contribution in [0.5, 0.6) is 0 Å². The Morgan fingerprint density at radius 2 is 1.81 bits per heavy atom. The molecule has 2 aromatic rings. The molecule has 0 saturated carbocycles. The fraction of sp³-hybridized carbons (Fsp3) is 0.529. The molecule has 4 rings (SSSR count). The summed E-state index contributed by atoms with van der Waals surface area (Å²) in [7, 11) is -3.62. The van der Waals surface area contributed by atoms with Crippen LogP contribution in [0.4, 0.5) is 0 Å². The third-order valence-corrected chi connectivity index (χ3v) is 7.18. The van der Waals surface area contributed by atoms with Crippen LogP contribution in [0, 0.1) is 5.92 Å². The Bertz CT molecular complexity index is 901. The number of benzene rings is 1. The van der Waals surface area contributed by atoms with Crippen molar-refractivity contribution < 1.29 is 13.2 Å². The van der Waals surface area contributed by atoms with Crippen LogP contribution < -0.4 is 0 Å². The van der Waals surface area contributed by atoms with E-state index in [9.17, 15) is 13.2 Å². The number of carbonyl (C=O) groups is 1. The van der Waals surface area contributed by atoms with Gasteiger partial charge in [-0.2, -0.15) is 4.31 Å². The Labute approximate surface area is 158 Å². The summed E-state index contributed by atoms with van der Waals surface area (Å²) in [6.45, 7) is 2.39. The highest BCUT2D eigenvalue weighted by molar-refractivity contribution is 7.89. The van der Waals surface area contributed by atoms with Gasteiger partial charge in [0.05, 0.1) is 10.6 Å². The molecular weight excluding hydrogens is 368 g/mol. The highest BCUT2D eigenvalue weighted by Gasteiger charge is 2.34. The zero-order chi connectivity index (χ0) is 18.9. The number of aromatic nitrogens is 4. The first-order valence-electron chi connectivity index (χ1n) is 9.18. The number of likely N-dealkylation sites (tertiary alicyclic amines) is 1. The molecule has 0 radical (unpaired) electrons. The van der Waals surface area contributed by atoms with Gasteiger partial charge < -0.3 is 4.90 Å². The smallest absolute Gasteiger partial charge is 0.243 e. The Balaban J connectivity index is 1.46. The molecule has 2 fully saturated rings. The van der Waals surface area contributed by atoms with Crippen LogP contribution >= 0.6 is 0 Å². The van der Waals surface area contributed by atoms with E-state index in [1.165, 1.54) is 15.3 Å². The van der Waals surface area contributed by atoms with Gasteiger partial charge in [0.15, 0.2) is 0 Å². The number of tetrazole rings is 1. The van der Waals surface area contributed by atoms with Gasteiger partial charge in [0.25, 0.3) is 0 Å². The minimum absolute atomic E-state index is 0.0675. The third-order valence-electron chi connectivity index (χ3n) is 5.29. The van der Waals surface area contributed by atoms with E-state index in [1.54, 1.807) is 24.3 Å². The second-order valence-electron chi connectivity index (χ2n) is 6.96. The monoisotopic (exact) mass is 390 g/mol. The molecule has 0 aliphatic carbocycles. The van der Waals surface area contributed by atoms with Gasteiger partial charge >= 0.3 is 0 Å². The molecule has 0 N–H and O–H groups in total. The quantitative estimate of drug-likeness (QED) is 0.761. The molecule has 1 aromatic heterocycles. The molecule has 9 nitrogen and oxygen atoms in total. The highest BCUT2D eigenvalue weighted by atomic mass is 32.2. The van der Waals surface area contributed by atoms with Crippen LogP contribution in [0.15, 0.2) is 35.5 Å². The summed E-state index contributed by atoms with van der Waals surface area (Å²) >= 11 is 0.